The molecule has 3 rings (SSSR count). The van der Waals surface area contributed by atoms with Gasteiger partial charge in [0.15, 0.2) is 0 Å². The van der Waals surface area contributed by atoms with Crippen molar-refractivity contribution in [2.24, 2.45) is 5.41 Å². The van der Waals surface area contributed by atoms with Gasteiger partial charge in [-0.1, -0.05) is 38.1 Å². The van der Waals surface area contributed by atoms with E-state index in [0.29, 0.717) is 45.7 Å². The summed E-state index contributed by atoms with van der Waals surface area (Å²) in [6.07, 6.45) is 2.19. The van der Waals surface area contributed by atoms with Gasteiger partial charge in [0, 0.05) is 43.7 Å². The lowest BCUT2D eigenvalue weighted by atomic mass is 9.81. The average molecular weight is 348 g/mol. The first kappa shape index (κ1) is 18.2. The van der Waals surface area contributed by atoms with Crippen LogP contribution in [-0.4, -0.2) is 50.5 Å². The van der Waals surface area contributed by atoms with Crippen molar-refractivity contribution < 1.29 is 13.9 Å². The molecule has 2 heterocycles. The lowest BCUT2D eigenvalue weighted by Crippen LogP contribution is -2.49. The van der Waals surface area contributed by atoms with Gasteiger partial charge in [0.2, 0.25) is 0 Å². The van der Waals surface area contributed by atoms with Gasteiger partial charge in [-0.3, -0.25) is 4.39 Å². The first-order valence-corrected chi connectivity index (χ1v) is 9.21. The molecule has 138 valence electrons. The topological polar surface area (TPSA) is 41.6 Å². The molecule has 0 spiro atoms. The minimum Gasteiger partial charge on any atom is -0.381 e. The molecule has 2 aliphatic rings. The lowest BCUT2D eigenvalue weighted by molar-refractivity contribution is 0.00304. The van der Waals surface area contributed by atoms with Gasteiger partial charge in [-0.15, -0.1) is 0 Å². The molecule has 0 aromatic heterocycles. The van der Waals surface area contributed by atoms with Gasteiger partial charge < -0.3 is 15.0 Å². The highest BCUT2D eigenvalue weighted by atomic mass is 19.1. The van der Waals surface area contributed by atoms with Crippen LogP contribution < -0.4 is 5.32 Å². The van der Waals surface area contributed by atoms with Gasteiger partial charge in [-0.05, 0) is 30.4 Å². The van der Waals surface area contributed by atoms with Crippen LogP contribution in [0.4, 0.5) is 9.18 Å². The van der Waals surface area contributed by atoms with E-state index in [-0.39, 0.29) is 11.4 Å². The Kier molecular flexibility index (Phi) is 5.32. The monoisotopic (exact) mass is 348 g/mol. The fraction of sp³-hybridized carbons (Fsp3) is 0.650. The molecule has 1 saturated heterocycles. The summed E-state index contributed by atoms with van der Waals surface area (Å²) < 4.78 is 18.9. The molecule has 0 aliphatic carbocycles. The number of amides is 2. The van der Waals surface area contributed by atoms with Crippen LogP contribution in [0.1, 0.15) is 37.8 Å². The summed E-state index contributed by atoms with van der Waals surface area (Å²) in [5, 5.41) is 3.00. The van der Waals surface area contributed by atoms with Crippen molar-refractivity contribution in [2.75, 3.05) is 39.5 Å². The Morgan fingerprint density at radius 1 is 1.28 bits per heavy atom. The van der Waals surface area contributed by atoms with Crippen molar-refractivity contribution in [3.8, 4) is 0 Å². The van der Waals surface area contributed by atoms with Crippen molar-refractivity contribution in [1.29, 1.82) is 0 Å². The maximum Gasteiger partial charge on any atom is 0.317 e. The number of ether oxygens (including phenoxy) is 1. The van der Waals surface area contributed by atoms with E-state index in [9.17, 15) is 9.18 Å². The van der Waals surface area contributed by atoms with Crippen LogP contribution in [0.2, 0.25) is 0 Å². The Bertz CT molecular complexity index is 611. The molecular formula is C20H29FN2O2. The number of benzene rings is 1. The maximum absolute atomic E-state index is 13.6. The maximum atomic E-state index is 13.6. The SMILES string of the molecule is CC1(C)CN(C(=O)NCC2(CF)CCOCC2)CCc2ccccc21. The second-order valence-corrected chi connectivity index (χ2v) is 8.12. The molecule has 1 N–H and O–H groups in total. The van der Waals surface area contributed by atoms with Crippen LogP contribution in [0.25, 0.3) is 0 Å². The third-order valence-electron chi connectivity index (χ3n) is 5.72. The van der Waals surface area contributed by atoms with Crippen molar-refractivity contribution in [3.05, 3.63) is 35.4 Å². The molecule has 1 aromatic carbocycles. The van der Waals surface area contributed by atoms with E-state index in [1.54, 1.807) is 0 Å². The van der Waals surface area contributed by atoms with Gasteiger partial charge in [0.05, 0.1) is 6.67 Å². The highest BCUT2D eigenvalue weighted by Gasteiger charge is 2.35. The van der Waals surface area contributed by atoms with Crippen molar-refractivity contribution >= 4 is 6.03 Å². The van der Waals surface area contributed by atoms with Crippen LogP contribution in [0, 0.1) is 5.41 Å². The first-order chi connectivity index (χ1) is 12.0. The lowest BCUT2D eigenvalue weighted by Gasteiger charge is -2.36. The summed E-state index contributed by atoms with van der Waals surface area (Å²) in [5.41, 5.74) is 2.07. The summed E-state index contributed by atoms with van der Waals surface area (Å²) >= 11 is 0. The van der Waals surface area contributed by atoms with Crippen LogP contribution >= 0.6 is 0 Å². The average Bonchev–Trinajstić information content (AvgIpc) is 2.77. The Balaban J connectivity index is 1.65. The Morgan fingerprint density at radius 3 is 2.72 bits per heavy atom. The zero-order chi connectivity index (χ0) is 17.9. The molecule has 25 heavy (non-hydrogen) atoms. The minimum absolute atomic E-state index is 0.0832. The van der Waals surface area contributed by atoms with E-state index in [2.05, 4.69) is 43.4 Å². The molecule has 1 aromatic rings. The fourth-order valence-electron chi connectivity index (χ4n) is 4.01. The van der Waals surface area contributed by atoms with Crippen molar-refractivity contribution in [2.45, 2.75) is 38.5 Å². The number of nitrogens with one attached hydrogen (secondary N) is 1. The quantitative estimate of drug-likeness (QED) is 0.911. The zero-order valence-corrected chi connectivity index (χ0v) is 15.3. The molecule has 1 fully saturated rings. The molecule has 0 saturated carbocycles. The summed E-state index contributed by atoms with van der Waals surface area (Å²) in [7, 11) is 0. The van der Waals surface area contributed by atoms with Crippen LogP contribution in [0.15, 0.2) is 24.3 Å². The molecule has 0 unspecified atom stereocenters. The van der Waals surface area contributed by atoms with E-state index < -0.39 is 12.1 Å². The molecule has 5 heteroatoms. The van der Waals surface area contributed by atoms with Gasteiger partial charge in [-0.2, -0.15) is 0 Å². The summed E-state index contributed by atoms with van der Waals surface area (Å²) in [5.74, 6) is 0. The van der Waals surface area contributed by atoms with E-state index in [4.69, 9.17) is 4.74 Å². The number of fused-ring (bicyclic) bond motifs is 1. The number of alkyl halides is 1. The summed E-state index contributed by atoms with van der Waals surface area (Å²) in [4.78, 5) is 14.6. The van der Waals surface area contributed by atoms with Gasteiger partial charge in [-0.25, -0.2) is 4.79 Å². The number of halogens is 1. The van der Waals surface area contributed by atoms with Gasteiger partial charge >= 0.3 is 6.03 Å². The standard InChI is InChI=1S/C20H29FN2O2/c1-19(2)15-23(10-7-16-5-3-4-6-17(16)19)18(24)22-14-20(13-21)8-11-25-12-9-20/h3-6H,7-15H2,1-2H3,(H,22,24). The fourth-order valence-corrected chi connectivity index (χ4v) is 4.01. The number of hydrogen-bond donors (Lipinski definition) is 1. The highest BCUT2D eigenvalue weighted by molar-refractivity contribution is 5.74. The highest BCUT2D eigenvalue weighted by Crippen LogP contribution is 2.32. The molecular weight excluding hydrogens is 319 g/mol. The Morgan fingerprint density at radius 2 is 2.00 bits per heavy atom. The van der Waals surface area contributed by atoms with Crippen LogP contribution in [0.5, 0.6) is 0 Å². The van der Waals surface area contributed by atoms with Gasteiger partial charge in [0.25, 0.3) is 0 Å². The van der Waals surface area contributed by atoms with Gasteiger partial charge in [0.1, 0.15) is 0 Å². The molecule has 0 bridgehead atoms. The number of nitrogens with zero attached hydrogens (tertiary/aromatic N) is 1. The molecule has 2 aliphatic heterocycles. The summed E-state index contributed by atoms with van der Waals surface area (Å²) in [6.45, 7) is 6.85. The summed E-state index contributed by atoms with van der Waals surface area (Å²) in [6, 6.07) is 8.35. The molecule has 4 nitrogen and oxygen atoms in total. The normalized spacial score (nSPS) is 22.0. The van der Waals surface area contributed by atoms with E-state index >= 15 is 0 Å². The number of hydrogen-bond acceptors (Lipinski definition) is 2. The third kappa shape index (κ3) is 3.97. The Hall–Kier alpha value is -1.62. The molecule has 0 atom stereocenters. The second-order valence-electron chi connectivity index (χ2n) is 8.12. The molecule has 0 radical (unpaired) electrons. The van der Waals surface area contributed by atoms with E-state index in [0.717, 1.165) is 6.42 Å². The largest absolute Gasteiger partial charge is 0.381 e. The minimum atomic E-state index is -0.460. The smallest absolute Gasteiger partial charge is 0.317 e. The van der Waals surface area contributed by atoms with E-state index in [1.807, 2.05) is 4.90 Å². The predicted octanol–water partition coefficient (Wildman–Crippen LogP) is 3.30. The molecule has 2 amide bonds. The number of urea groups is 1. The third-order valence-corrected chi connectivity index (χ3v) is 5.72. The van der Waals surface area contributed by atoms with Crippen LogP contribution in [0.3, 0.4) is 0 Å². The number of rotatable bonds is 3. The zero-order valence-electron chi connectivity index (χ0n) is 15.3. The Labute approximate surface area is 149 Å². The first-order valence-electron chi connectivity index (χ1n) is 9.21. The predicted molar refractivity (Wildman–Crippen MR) is 96.6 cm³/mol. The van der Waals surface area contributed by atoms with Crippen molar-refractivity contribution in [1.82, 2.24) is 10.2 Å². The van der Waals surface area contributed by atoms with E-state index in [1.165, 1.54) is 11.1 Å². The number of carbonyl (C=O) groups is 1. The van der Waals surface area contributed by atoms with Crippen LogP contribution in [-0.2, 0) is 16.6 Å². The van der Waals surface area contributed by atoms with Crippen molar-refractivity contribution in [3.63, 3.8) is 0 Å². The number of carbonyl (C=O) groups excluding carboxylic acids is 1. The second kappa shape index (κ2) is 7.32.